The Morgan fingerprint density at radius 3 is 2.73 bits per heavy atom. The third-order valence-corrected chi connectivity index (χ3v) is 3.60. The first kappa shape index (κ1) is 14.1. The summed E-state index contributed by atoms with van der Waals surface area (Å²) in [7, 11) is 1.60. The minimum Gasteiger partial charge on any atom is -0.497 e. The van der Waals surface area contributed by atoms with Crippen LogP contribution in [0.4, 0.5) is 0 Å². The number of methoxy groups -OCH3 is 1. The molecular weight excluding hydrogens is 278 g/mol. The van der Waals surface area contributed by atoms with Crippen molar-refractivity contribution in [1.82, 2.24) is 14.7 Å². The van der Waals surface area contributed by atoms with E-state index < -0.39 is 0 Å². The van der Waals surface area contributed by atoms with Gasteiger partial charge in [-0.2, -0.15) is 0 Å². The fourth-order valence-corrected chi connectivity index (χ4v) is 2.39. The van der Waals surface area contributed by atoms with Crippen molar-refractivity contribution in [2.24, 2.45) is 0 Å². The number of benzene rings is 1. The number of amides is 1. The minimum atomic E-state index is -0.118. The monoisotopic (exact) mass is 295 g/mol. The SMILES string of the molecule is COc1ccc(C(=O)NCc2c(C)nc3ccccn23)cc1. The molecule has 3 rings (SSSR count). The van der Waals surface area contributed by atoms with E-state index in [-0.39, 0.29) is 5.91 Å². The molecular formula is C17H17N3O2. The molecule has 1 N–H and O–H groups in total. The van der Waals surface area contributed by atoms with Crippen molar-refractivity contribution in [3.8, 4) is 5.75 Å². The average molecular weight is 295 g/mol. The summed E-state index contributed by atoms with van der Waals surface area (Å²) in [6, 6.07) is 12.9. The van der Waals surface area contributed by atoms with Crippen LogP contribution >= 0.6 is 0 Å². The molecule has 5 nitrogen and oxygen atoms in total. The van der Waals surface area contributed by atoms with Crippen molar-refractivity contribution in [3.63, 3.8) is 0 Å². The van der Waals surface area contributed by atoms with E-state index >= 15 is 0 Å². The second-order valence-corrected chi connectivity index (χ2v) is 4.98. The highest BCUT2D eigenvalue weighted by Crippen LogP contribution is 2.13. The number of hydrogen-bond acceptors (Lipinski definition) is 3. The summed E-state index contributed by atoms with van der Waals surface area (Å²) in [6.07, 6.45) is 1.95. The van der Waals surface area contributed by atoms with Crippen LogP contribution in [0.3, 0.4) is 0 Å². The lowest BCUT2D eigenvalue weighted by atomic mass is 10.2. The van der Waals surface area contributed by atoms with Crippen LogP contribution in [0.5, 0.6) is 5.75 Å². The van der Waals surface area contributed by atoms with E-state index in [9.17, 15) is 4.79 Å². The first-order chi connectivity index (χ1) is 10.7. The molecule has 2 heterocycles. The van der Waals surface area contributed by atoms with Gasteiger partial charge in [0.2, 0.25) is 0 Å². The summed E-state index contributed by atoms with van der Waals surface area (Å²) >= 11 is 0. The molecule has 0 atom stereocenters. The lowest BCUT2D eigenvalue weighted by molar-refractivity contribution is 0.0950. The van der Waals surface area contributed by atoms with Crippen LogP contribution in [0, 0.1) is 6.92 Å². The average Bonchev–Trinajstić information content (AvgIpc) is 2.88. The number of nitrogens with zero attached hydrogens (tertiary/aromatic N) is 2. The molecule has 0 bridgehead atoms. The Hall–Kier alpha value is -2.82. The van der Waals surface area contributed by atoms with Crippen LogP contribution in [0.25, 0.3) is 5.65 Å². The number of carbonyl (C=O) groups excluding carboxylic acids is 1. The number of pyridine rings is 1. The quantitative estimate of drug-likeness (QED) is 0.805. The van der Waals surface area contributed by atoms with Crippen LogP contribution < -0.4 is 10.1 Å². The molecule has 1 amide bonds. The van der Waals surface area contributed by atoms with Gasteiger partial charge in [0.05, 0.1) is 25.0 Å². The van der Waals surface area contributed by atoms with Gasteiger partial charge in [-0.1, -0.05) is 6.07 Å². The Bertz CT molecular complexity index is 806. The minimum absolute atomic E-state index is 0.118. The van der Waals surface area contributed by atoms with E-state index in [0.29, 0.717) is 12.1 Å². The number of hydrogen-bond donors (Lipinski definition) is 1. The Morgan fingerprint density at radius 2 is 2.00 bits per heavy atom. The molecule has 0 saturated carbocycles. The summed E-state index contributed by atoms with van der Waals surface area (Å²) < 4.78 is 7.08. The third kappa shape index (κ3) is 2.65. The number of aromatic nitrogens is 2. The van der Waals surface area contributed by atoms with Crippen molar-refractivity contribution in [1.29, 1.82) is 0 Å². The first-order valence-corrected chi connectivity index (χ1v) is 7.04. The van der Waals surface area contributed by atoms with Gasteiger partial charge < -0.3 is 14.5 Å². The third-order valence-electron chi connectivity index (χ3n) is 3.60. The second kappa shape index (κ2) is 5.89. The van der Waals surface area contributed by atoms with Crippen molar-refractivity contribution in [3.05, 3.63) is 65.6 Å². The maximum atomic E-state index is 12.2. The highest BCUT2D eigenvalue weighted by atomic mass is 16.5. The number of carbonyl (C=O) groups is 1. The van der Waals surface area contributed by atoms with Gasteiger partial charge in [-0.05, 0) is 43.3 Å². The summed E-state index contributed by atoms with van der Waals surface area (Å²) in [5.41, 5.74) is 3.39. The van der Waals surface area contributed by atoms with Gasteiger partial charge >= 0.3 is 0 Å². The van der Waals surface area contributed by atoms with Crippen molar-refractivity contribution < 1.29 is 9.53 Å². The van der Waals surface area contributed by atoms with Gasteiger partial charge in [0.25, 0.3) is 5.91 Å². The highest BCUT2D eigenvalue weighted by Gasteiger charge is 2.10. The van der Waals surface area contributed by atoms with Crippen LogP contribution in [-0.4, -0.2) is 22.4 Å². The molecule has 0 aliphatic heterocycles. The predicted octanol–water partition coefficient (Wildman–Crippen LogP) is 2.58. The van der Waals surface area contributed by atoms with Crippen molar-refractivity contribution in [2.75, 3.05) is 7.11 Å². The number of aryl methyl sites for hydroxylation is 1. The van der Waals surface area contributed by atoms with Gasteiger partial charge in [0.1, 0.15) is 11.4 Å². The van der Waals surface area contributed by atoms with Gasteiger partial charge in [-0.3, -0.25) is 4.79 Å². The number of nitrogens with one attached hydrogen (secondary N) is 1. The van der Waals surface area contributed by atoms with Crippen LogP contribution in [-0.2, 0) is 6.54 Å². The molecule has 0 spiro atoms. The largest absolute Gasteiger partial charge is 0.497 e. The number of rotatable bonds is 4. The molecule has 3 aromatic rings. The molecule has 0 saturated heterocycles. The zero-order valence-corrected chi connectivity index (χ0v) is 12.5. The van der Waals surface area contributed by atoms with E-state index in [1.165, 1.54) is 0 Å². The van der Waals surface area contributed by atoms with Crippen molar-refractivity contribution >= 4 is 11.6 Å². The van der Waals surface area contributed by atoms with E-state index in [1.54, 1.807) is 31.4 Å². The Labute approximate surface area is 128 Å². The molecule has 2 aromatic heterocycles. The lowest BCUT2D eigenvalue weighted by Crippen LogP contribution is -2.23. The van der Waals surface area contributed by atoms with Crippen molar-refractivity contribution in [2.45, 2.75) is 13.5 Å². The van der Waals surface area contributed by atoms with E-state index in [4.69, 9.17) is 4.74 Å². The summed E-state index contributed by atoms with van der Waals surface area (Å²) in [4.78, 5) is 16.7. The number of fused-ring (bicyclic) bond motifs is 1. The lowest BCUT2D eigenvalue weighted by Gasteiger charge is -2.07. The maximum Gasteiger partial charge on any atom is 0.251 e. The molecule has 22 heavy (non-hydrogen) atoms. The molecule has 5 heteroatoms. The van der Waals surface area contributed by atoms with Crippen LogP contribution in [0.1, 0.15) is 21.7 Å². The topological polar surface area (TPSA) is 55.6 Å². The van der Waals surface area contributed by atoms with Gasteiger partial charge in [-0.15, -0.1) is 0 Å². The fourth-order valence-electron chi connectivity index (χ4n) is 2.39. The maximum absolute atomic E-state index is 12.2. The second-order valence-electron chi connectivity index (χ2n) is 4.98. The Kier molecular flexibility index (Phi) is 3.78. The van der Waals surface area contributed by atoms with Gasteiger partial charge in [-0.25, -0.2) is 4.98 Å². The van der Waals surface area contributed by atoms with E-state index in [1.807, 2.05) is 35.7 Å². The van der Waals surface area contributed by atoms with E-state index in [0.717, 1.165) is 22.8 Å². The number of ether oxygens (including phenoxy) is 1. The van der Waals surface area contributed by atoms with Gasteiger partial charge in [0, 0.05) is 11.8 Å². The fraction of sp³-hybridized carbons (Fsp3) is 0.176. The highest BCUT2D eigenvalue weighted by molar-refractivity contribution is 5.94. The molecule has 0 aliphatic carbocycles. The molecule has 0 fully saturated rings. The Morgan fingerprint density at radius 1 is 1.23 bits per heavy atom. The van der Waals surface area contributed by atoms with Gasteiger partial charge in [0.15, 0.2) is 0 Å². The standard InChI is InChI=1S/C17H17N3O2/c1-12-15(20-10-4-3-5-16(20)19-12)11-18-17(21)13-6-8-14(22-2)9-7-13/h3-10H,11H2,1-2H3,(H,18,21). The normalized spacial score (nSPS) is 10.6. The van der Waals surface area contributed by atoms with Crippen LogP contribution in [0.2, 0.25) is 0 Å². The number of imidazole rings is 1. The molecule has 1 aromatic carbocycles. The summed E-state index contributed by atoms with van der Waals surface area (Å²) in [5.74, 6) is 0.613. The molecule has 0 radical (unpaired) electrons. The summed E-state index contributed by atoms with van der Waals surface area (Å²) in [5, 5.41) is 2.93. The molecule has 0 unspecified atom stereocenters. The zero-order chi connectivity index (χ0) is 15.5. The summed E-state index contributed by atoms with van der Waals surface area (Å²) in [6.45, 7) is 2.38. The Balaban J connectivity index is 1.75. The first-order valence-electron chi connectivity index (χ1n) is 7.04. The van der Waals surface area contributed by atoms with E-state index in [2.05, 4.69) is 10.3 Å². The zero-order valence-electron chi connectivity index (χ0n) is 12.5. The smallest absolute Gasteiger partial charge is 0.251 e. The molecule has 0 aliphatic rings. The van der Waals surface area contributed by atoms with Crippen LogP contribution in [0.15, 0.2) is 48.7 Å². The predicted molar refractivity (Wildman–Crippen MR) is 84.1 cm³/mol. The molecule has 112 valence electrons.